The predicted octanol–water partition coefficient (Wildman–Crippen LogP) is 5.72. The van der Waals surface area contributed by atoms with Crippen LogP contribution in [0.3, 0.4) is 0 Å². The van der Waals surface area contributed by atoms with E-state index in [2.05, 4.69) is 59.8 Å². The van der Waals surface area contributed by atoms with Crippen molar-refractivity contribution in [2.24, 2.45) is 12.5 Å². The third-order valence-electron chi connectivity index (χ3n) is 9.34. The largest absolute Gasteiger partial charge is 0.381 e. The lowest BCUT2D eigenvalue weighted by molar-refractivity contribution is -0.00647. The Morgan fingerprint density at radius 3 is 2.61 bits per heavy atom. The fraction of sp³-hybridized carbons (Fsp3) is 0.548. The highest BCUT2D eigenvalue weighted by Crippen LogP contribution is 2.46. The number of hydrogen-bond donors (Lipinski definition) is 1. The van der Waals surface area contributed by atoms with Gasteiger partial charge in [-0.2, -0.15) is 10.2 Å². The number of nitrogens with one attached hydrogen (secondary N) is 1. The van der Waals surface area contributed by atoms with E-state index < -0.39 is 0 Å². The van der Waals surface area contributed by atoms with Crippen LogP contribution >= 0.6 is 11.6 Å². The summed E-state index contributed by atoms with van der Waals surface area (Å²) in [4.78, 5) is 15.5. The first-order chi connectivity index (χ1) is 19.7. The summed E-state index contributed by atoms with van der Waals surface area (Å²) in [5, 5.41) is 14.4. The van der Waals surface area contributed by atoms with Crippen molar-refractivity contribution >= 4 is 34.1 Å². The van der Waals surface area contributed by atoms with E-state index in [0.29, 0.717) is 12.5 Å². The quantitative estimate of drug-likeness (QED) is 0.326. The molecule has 9 nitrogen and oxygen atoms in total. The molecule has 4 aromatic rings. The molecule has 216 valence electrons. The highest BCUT2D eigenvalue weighted by Gasteiger charge is 2.39. The SMILES string of the molecule is CO[C@@H]1CCN(c2nc(-c3c(C)ccc4n[nH]c(C)c34)nc3c2CN(c2c(Cl)c(C4CC4)nn2C)CC3)CC1(C)C. The Morgan fingerprint density at radius 2 is 1.88 bits per heavy atom. The van der Waals surface area contributed by atoms with E-state index in [1.165, 1.54) is 18.4 Å². The molecule has 3 aliphatic rings. The number of rotatable bonds is 5. The minimum absolute atomic E-state index is 0.0130. The number of halogens is 1. The molecule has 3 aromatic heterocycles. The number of piperidine rings is 1. The molecule has 2 fully saturated rings. The van der Waals surface area contributed by atoms with Gasteiger partial charge >= 0.3 is 0 Å². The van der Waals surface area contributed by atoms with Gasteiger partial charge in [-0.25, -0.2) is 9.97 Å². The molecule has 0 spiro atoms. The van der Waals surface area contributed by atoms with Crippen molar-refractivity contribution in [2.45, 2.75) is 71.9 Å². The molecule has 1 atom stereocenters. The number of H-pyrrole nitrogens is 1. The fourth-order valence-corrected chi connectivity index (χ4v) is 7.47. The number of benzene rings is 1. The van der Waals surface area contributed by atoms with Gasteiger partial charge in [0.15, 0.2) is 5.82 Å². The van der Waals surface area contributed by atoms with Crippen LogP contribution in [0.25, 0.3) is 22.3 Å². The van der Waals surface area contributed by atoms with Gasteiger partial charge in [-0.05, 0) is 44.7 Å². The molecule has 0 unspecified atom stereocenters. The second kappa shape index (κ2) is 9.70. The Bertz CT molecular complexity index is 1650. The molecular weight excluding hydrogens is 536 g/mol. The van der Waals surface area contributed by atoms with Crippen LogP contribution in [-0.2, 0) is 24.8 Å². The van der Waals surface area contributed by atoms with Crippen LogP contribution < -0.4 is 9.80 Å². The van der Waals surface area contributed by atoms with Crippen molar-refractivity contribution in [3.63, 3.8) is 0 Å². The van der Waals surface area contributed by atoms with Crippen molar-refractivity contribution in [3.8, 4) is 11.4 Å². The Hall–Kier alpha value is -3.17. The summed E-state index contributed by atoms with van der Waals surface area (Å²) in [5.41, 5.74) is 7.53. The van der Waals surface area contributed by atoms with Crippen LogP contribution in [0.15, 0.2) is 12.1 Å². The monoisotopic (exact) mass is 574 g/mol. The Balaban J connectivity index is 1.36. The molecule has 0 radical (unpaired) electrons. The molecule has 0 amide bonds. The van der Waals surface area contributed by atoms with Crippen LogP contribution in [0.4, 0.5) is 11.6 Å². The van der Waals surface area contributed by atoms with E-state index in [0.717, 1.165) is 94.1 Å². The second-order valence-corrected chi connectivity index (χ2v) is 13.2. The van der Waals surface area contributed by atoms with E-state index in [1.54, 1.807) is 0 Å². The van der Waals surface area contributed by atoms with Crippen LogP contribution in [0.1, 0.15) is 67.2 Å². The summed E-state index contributed by atoms with van der Waals surface area (Å²) in [7, 11) is 3.84. The van der Waals surface area contributed by atoms with E-state index >= 15 is 0 Å². The summed E-state index contributed by atoms with van der Waals surface area (Å²) < 4.78 is 7.86. The Morgan fingerprint density at radius 1 is 1.07 bits per heavy atom. The molecule has 2 aliphatic heterocycles. The number of ether oxygens (including phenoxy) is 1. The predicted molar refractivity (Wildman–Crippen MR) is 163 cm³/mol. The summed E-state index contributed by atoms with van der Waals surface area (Å²) in [6, 6.07) is 4.19. The molecular formula is C31H39ClN8O. The lowest BCUT2D eigenvalue weighted by atomic mass is 9.81. The van der Waals surface area contributed by atoms with Gasteiger partial charge in [0.05, 0.1) is 23.0 Å². The number of hydrogen-bond acceptors (Lipinski definition) is 7. The standard InChI is InChI=1S/C31H39ClN8O/c1-17-7-10-22-25(18(2)35-36-22)24(17)28-33-21-11-13-39(30-26(32)27(19-8-9-19)37-38(30)5)15-20(21)29(34-28)40-14-12-23(41-6)31(3,4)16-40/h7,10,19,23H,8-9,11-16H2,1-6H3,(H,35,36)/t23-/m1/s1. The summed E-state index contributed by atoms with van der Waals surface area (Å²) in [6.07, 6.45) is 4.33. The minimum atomic E-state index is -0.0130. The molecule has 5 heterocycles. The zero-order valence-electron chi connectivity index (χ0n) is 24.9. The Labute approximate surface area is 246 Å². The second-order valence-electron chi connectivity index (χ2n) is 12.8. The third-order valence-corrected chi connectivity index (χ3v) is 9.70. The average Bonchev–Trinajstić information content (AvgIpc) is 3.66. The molecule has 41 heavy (non-hydrogen) atoms. The van der Waals surface area contributed by atoms with Crippen LogP contribution in [0, 0.1) is 19.3 Å². The first-order valence-electron chi connectivity index (χ1n) is 14.8. The van der Waals surface area contributed by atoms with Gasteiger partial charge in [0.2, 0.25) is 0 Å². The number of nitrogens with zero attached hydrogens (tertiary/aromatic N) is 7. The molecule has 1 aromatic carbocycles. The maximum Gasteiger partial charge on any atom is 0.162 e. The number of aryl methyl sites for hydroxylation is 3. The highest BCUT2D eigenvalue weighted by atomic mass is 35.5. The van der Waals surface area contributed by atoms with E-state index in [1.807, 2.05) is 18.8 Å². The third kappa shape index (κ3) is 4.39. The average molecular weight is 575 g/mol. The molecule has 10 heteroatoms. The van der Waals surface area contributed by atoms with Crippen LogP contribution in [0.2, 0.25) is 5.02 Å². The van der Waals surface area contributed by atoms with Gasteiger partial charge in [-0.3, -0.25) is 9.78 Å². The van der Waals surface area contributed by atoms with E-state index in [4.69, 9.17) is 31.4 Å². The van der Waals surface area contributed by atoms with Crippen molar-refractivity contribution in [1.29, 1.82) is 0 Å². The summed E-state index contributed by atoms with van der Waals surface area (Å²) in [5.74, 6) is 3.31. The first-order valence-corrected chi connectivity index (χ1v) is 15.1. The topological polar surface area (TPSA) is 88.0 Å². The molecule has 1 aliphatic carbocycles. The minimum Gasteiger partial charge on any atom is -0.381 e. The lowest BCUT2D eigenvalue weighted by Gasteiger charge is -2.45. The Kier molecular flexibility index (Phi) is 6.32. The number of aromatic amines is 1. The van der Waals surface area contributed by atoms with Crippen molar-refractivity contribution in [1.82, 2.24) is 29.9 Å². The first kappa shape index (κ1) is 26.7. The van der Waals surface area contributed by atoms with E-state index in [9.17, 15) is 0 Å². The van der Waals surface area contributed by atoms with Crippen molar-refractivity contribution in [2.75, 3.05) is 36.5 Å². The highest BCUT2D eigenvalue weighted by molar-refractivity contribution is 6.33. The molecule has 1 saturated carbocycles. The van der Waals surface area contributed by atoms with Gasteiger partial charge < -0.3 is 14.5 Å². The fourth-order valence-electron chi connectivity index (χ4n) is 7.03. The van der Waals surface area contributed by atoms with Gasteiger partial charge in [-0.1, -0.05) is 31.5 Å². The summed E-state index contributed by atoms with van der Waals surface area (Å²) >= 11 is 6.98. The van der Waals surface area contributed by atoms with Crippen LogP contribution in [-0.4, -0.2) is 62.8 Å². The molecule has 1 saturated heterocycles. The smallest absolute Gasteiger partial charge is 0.162 e. The van der Waals surface area contributed by atoms with Gasteiger partial charge in [0, 0.05) is 80.3 Å². The van der Waals surface area contributed by atoms with Crippen molar-refractivity contribution < 1.29 is 4.74 Å². The normalized spacial score (nSPS) is 20.6. The molecule has 7 rings (SSSR count). The summed E-state index contributed by atoms with van der Waals surface area (Å²) in [6.45, 7) is 12.1. The lowest BCUT2D eigenvalue weighted by Crippen LogP contribution is -2.50. The zero-order valence-corrected chi connectivity index (χ0v) is 25.6. The maximum atomic E-state index is 6.98. The molecule has 0 bridgehead atoms. The number of aromatic nitrogens is 6. The number of anilines is 2. The van der Waals surface area contributed by atoms with Crippen LogP contribution in [0.5, 0.6) is 0 Å². The van der Waals surface area contributed by atoms with Gasteiger partial charge in [0.25, 0.3) is 0 Å². The number of fused-ring (bicyclic) bond motifs is 2. The van der Waals surface area contributed by atoms with E-state index in [-0.39, 0.29) is 11.5 Å². The number of methoxy groups -OCH3 is 1. The van der Waals surface area contributed by atoms with Crippen molar-refractivity contribution in [3.05, 3.63) is 45.4 Å². The maximum absolute atomic E-state index is 6.98. The van der Waals surface area contributed by atoms with Gasteiger partial charge in [-0.15, -0.1) is 0 Å². The zero-order chi connectivity index (χ0) is 28.6. The van der Waals surface area contributed by atoms with Gasteiger partial charge in [0.1, 0.15) is 16.7 Å². The molecule has 1 N–H and O–H groups in total.